The van der Waals surface area contributed by atoms with Crippen LogP contribution in [0, 0.1) is 5.92 Å². The Morgan fingerprint density at radius 2 is 2.33 bits per heavy atom. The van der Waals surface area contributed by atoms with E-state index in [4.69, 9.17) is 16.2 Å². The molecule has 1 fully saturated rings. The van der Waals surface area contributed by atoms with Gasteiger partial charge in [-0.2, -0.15) is 0 Å². The Bertz CT molecular complexity index is 448. The van der Waals surface area contributed by atoms with Gasteiger partial charge < -0.3 is 16.2 Å². The molecule has 0 aliphatic carbocycles. The lowest BCUT2D eigenvalue weighted by Crippen LogP contribution is -2.27. The van der Waals surface area contributed by atoms with Crippen LogP contribution in [0.2, 0.25) is 0 Å². The molecule has 0 saturated carbocycles. The third-order valence-electron chi connectivity index (χ3n) is 3.37. The maximum Gasteiger partial charge on any atom is 0.221 e. The van der Waals surface area contributed by atoms with E-state index in [1.165, 1.54) is 0 Å². The van der Waals surface area contributed by atoms with Crippen LogP contribution < -0.4 is 16.2 Å². The van der Waals surface area contributed by atoms with Crippen molar-refractivity contribution in [2.75, 3.05) is 25.9 Å². The molecule has 1 aliphatic rings. The lowest BCUT2D eigenvalue weighted by Gasteiger charge is -2.17. The molecule has 1 saturated heterocycles. The van der Waals surface area contributed by atoms with Crippen molar-refractivity contribution >= 4 is 11.6 Å². The molecule has 5 heteroatoms. The molecule has 0 spiro atoms. The van der Waals surface area contributed by atoms with Crippen LogP contribution in [0.5, 0.6) is 5.75 Å². The minimum Gasteiger partial charge on any atom is -0.496 e. The van der Waals surface area contributed by atoms with Crippen molar-refractivity contribution in [1.82, 2.24) is 4.90 Å². The van der Waals surface area contributed by atoms with Gasteiger partial charge in [0.25, 0.3) is 0 Å². The van der Waals surface area contributed by atoms with Gasteiger partial charge in [-0.05, 0) is 31.2 Å². The number of methoxy groups -OCH3 is 1. The first-order valence-corrected chi connectivity index (χ1v) is 6.04. The van der Waals surface area contributed by atoms with E-state index >= 15 is 0 Å². The SMILES string of the molecule is COc1ccc(N)cc1CN1CCC(C(N)=O)C1. The number of nitrogen functional groups attached to an aromatic ring is 1. The fraction of sp³-hybridized carbons (Fsp3) is 0.462. The smallest absolute Gasteiger partial charge is 0.221 e. The van der Waals surface area contributed by atoms with Crippen LogP contribution in [0.3, 0.4) is 0 Å². The molecule has 5 nitrogen and oxygen atoms in total. The first-order chi connectivity index (χ1) is 8.60. The molecule has 18 heavy (non-hydrogen) atoms. The van der Waals surface area contributed by atoms with Gasteiger partial charge in [0.15, 0.2) is 0 Å². The van der Waals surface area contributed by atoms with Gasteiger partial charge in [0.1, 0.15) is 5.75 Å². The lowest BCUT2D eigenvalue weighted by atomic mass is 10.1. The summed E-state index contributed by atoms with van der Waals surface area (Å²) in [6, 6.07) is 5.60. The van der Waals surface area contributed by atoms with Crippen LogP contribution in [0.25, 0.3) is 0 Å². The van der Waals surface area contributed by atoms with E-state index in [-0.39, 0.29) is 11.8 Å². The number of rotatable bonds is 4. The summed E-state index contributed by atoms with van der Waals surface area (Å²) in [5.41, 5.74) is 12.9. The number of nitrogens with zero attached hydrogens (tertiary/aromatic N) is 1. The number of benzene rings is 1. The summed E-state index contributed by atoms with van der Waals surface area (Å²) in [4.78, 5) is 13.3. The molecule has 4 N–H and O–H groups in total. The number of hydrogen-bond donors (Lipinski definition) is 2. The summed E-state index contributed by atoms with van der Waals surface area (Å²) in [6.07, 6.45) is 0.833. The minimum atomic E-state index is -0.211. The summed E-state index contributed by atoms with van der Waals surface area (Å²) in [5.74, 6) is 0.584. The van der Waals surface area contributed by atoms with Crippen LogP contribution in [-0.2, 0) is 11.3 Å². The Hall–Kier alpha value is -1.75. The summed E-state index contributed by atoms with van der Waals surface area (Å²) < 4.78 is 5.31. The molecule has 0 radical (unpaired) electrons. The van der Waals surface area contributed by atoms with Crippen LogP contribution in [0.15, 0.2) is 18.2 Å². The number of ether oxygens (including phenoxy) is 1. The number of primary amides is 1. The molecule has 1 aromatic rings. The number of amides is 1. The highest BCUT2D eigenvalue weighted by Gasteiger charge is 2.26. The van der Waals surface area contributed by atoms with Crippen LogP contribution >= 0.6 is 0 Å². The van der Waals surface area contributed by atoms with Crippen molar-refractivity contribution in [2.45, 2.75) is 13.0 Å². The number of nitrogens with two attached hydrogens (primary N) is 2. The van der Waals surface area contributed by atoms with Gasteiger partial charge in [0, 0.05) is 24.3 Å². The molecule has 1 unspecified atom stereocenters. The highest BCUT2D eigenvalue weighted by Crippen LogP contribution is 2.25. The van der Waals surface area contributed by atoms with Gasteiger partial charge in [-0.25, -0.2) is 0 Å². The lowest BCUT2D eigenvalue weighted by molar-refractivity contribution is -0.121. The topological polar surface area (TPSA) is 81.6 Å². The Morgan fingerprint density at radius 1 is 1.56 bits per heavy atom. The van der Waals surface area contributed by atoms with Crippen molar-refractivity contribution in [1.29, 1.82) is 0 Å². The first kappa shape index (κ1) is 12.7. The normalized spacial score (nSPS) is 19.9. The highest BCUT2D eigenvalue weighted by atomic mass is 16.5. The second-order valence-electron chi connectivity index (χ2n) is 4.69. The van der Waals surface area contributed by atoms with E-state index in [1.54, 1.807) is 7.11 Å². The summed E-state index contributed by atoms with van der Waals surface area (Å²) >= 11 is 0. The van der Waals surface area contributed by atoms with Gasteiger partial charge in [0.05, 0.1) is 13.0 Å². The number of carbonyl (C=O) groups is 1. The minimum absolute atomic E-state index is 0.0305. The summed E-state index contributed by atoms with van der Waals surface area (Å²) in [6.45, 7) is 2.33. The molecule has 2 rings (SSSR count). The molecule has 1 amide bonds. The van der Waals surface area contributed by atoms with Crippen molar-refractivity contribution in [3.8, 4) is 5.75 Å². The Labute approximate surface area is 107 Å². The van der Waals surface area contributed by atoms with E-state index in [0.717, 1.165) is 36.5 Å². The summed E-state index contributed by atoms with van der Waals surface area (Å²) in [5, 5.41) is 0. The molecule has 1 heterocycles. The maximum absolute atomic E-state index is 11.1. The van der Waals surface area contributed by atoms with Crippen LogP contribution in [-0.4, -0.2) is 31.0 Å². The van der Waals surface area contributed by atoms with Crippen molar-refractivity contribution < 1.29 is 9.53 Å². The highest BCUT2D eigenvalue weighted by molar-refractivity contribution is 5.77. The largest absolute Gasteiger partial charge is 0.496 e. The Kier molecular flexibility index (Phi) is 3.72. The quantitative estimate of drug-likeness (QED) is 0.765. The fourth-order valence-electron chi connectivity index (χ4n) is 2.37. The monoisotopic (exact) mass is 249 g/mol. The van der Waals surface area contributed by atoms with Crippen molar-refractivity contribution in [3.63, 3.8) is 0 Å². The van der Waals surface area contributed by atoms with Gasteiger partial charge in [0.2, 0.25) is 5.91 Å². The third kappa shape index (κ3) is 2.73. The number of carbonyl (C=O) groups excluding carboxylic acids is 1. The second-order valence-corrected chi connectivity index (χ2v) is 4.69. The van der Waals surface area contributed by atoms with E-state index in [1.807, 2.05) is 18.2 Å². The molecular weight excluding hydrogens is 230 g/mol. The average Bonchev–Trinajstić information content (AvgIpc) is 2.78. The Morgan fingerprint density at radius 3 is 2.94 bits per heavy atom. The molecule has 1 aromatic carbocycles. The average molecular weight is 249 g/mol. The fourth-order valence-corrected chi connectivity index (χ4v) is 2.37. The molecule has 1 aliphatic heterocycles. The van der Waals surface area contributed by atoms with Gasteiger partial charge in [-0.15, -0.1) is 0 Å². The van der Waals surface area contributed by atoms with Gasteiger partial charge in [-0.3, -0.25) is 9.69 Å². The zero-order chi connectivity index (χ0) is 13.1. The summed E-state index contributed by atoms with van der Waals surface area (Å²) in [7, 11) is 1.64. The second kappa shape index (κ2) is 5.27. The molecule has 0 aromatic heterocycles. The van der Waals surface area contributed by atoms with E-state index < -0.39 is 0 Å². The number of likely N-dealkylation sites (tertiary alicyclic amines) is 1. The van der Waals surface area contributed by atoms with E-state index in [0.29, 0.717) is 6.54 Å². The van der Waals surface area contributed by atoms with E-state index in [2.05, 4.69) is 4.90 Å². The molecule has 0 bridgehead atoms. The van der Waals surface area contributed by atoms with Crippen molar-refractivity contribution in [3.05, 3.63) is 23.8 Å². The van der Waals surface area contributed by atoms with Gasteiger partial charge in [-0.1, -0.05) is 0 Å². The predicted molar refractivity (Wildman–Crippen MR) is 70.0 cm³/mol. The van der Waals surface area contributed by atoms with Gasteiger partial charge >= 0.3 is 0 Å². The maximum atomic E-state index is 11.1. The molecular formula is C13H19N3O2. The Balaban J connectivity index is 2.06. The number of anilines is 1. The zero-order valence-corrected chi connectivity index (χ0v) is 10.6. The standard InChI is InChI=1S/C13H19N3O2/c1-18-12-3-2-11(14)6-10(12)8-16-5-4-9(7-16)13(15)17/h2-3,6,9H,4-5,7-8,14H2,1H3,(H2,15,17). The zero-order valence-electron chi connectivity index (χ0n) is 10.6. The number of hydrogen-bond acceptors (Lipinski definition) is 4. The third-order valence-corrected chi connectivity index (χ3v) is 3.37. The van der Waals surface area contributed by atoms with Crippen LogP contribution in [0.4, 0.5) is 5.69 Å². The van der Waals surface area contributed by atoms with E-state index in [9.17, 15) is 4.79 Å². The first-order valence-electron chi connectivity index (χ1n) is 6.04. The van der Waals surface area contributed by atoms with Crippen molar-refractivity contribution in [2.24, 2.45) is 11.7 Å². The molecule has 98 valence electrons. The molecule has 1 atom stereocenters. The van der Waals surface area contributed by atoms with Crippen LogP contribution in [0.1, 0.15) is 12.0 Å². The predicted octanol–water partition coefficient (Wildman–Crippen LogP) is 0.585.